The van der Waals surface area contributed by atoms with Gasteiger partial charge in [-0.15, -0.1) is 0 Å². The van der Waals surface area contributed by atoms with Crippen LogP contribution in [0.25, 0.3) is 0 Å². The number of carbonyl (C=O) groups is 2. The van der Waals surface area contributed by atoms with Crippen LogP contribution < -0.4 is 5.32 Å². The van der Waals surface area contributed by atoms with Crippen molar-refractivity contribution in [2.24, 2.45) is 5.92 Å². The minimum absolute atomic E-state index is 0.0927. The molecule has 120 valence electrons. The summed E-state index contributed by atoms with van der Waals surface area (Å²) in [4.78, 5) is 25.7. The summed E-state index contributed by atoms with van der Waals surface area (Å²) in [5, 5.41) is 2.93. The SMILES string of the molecule is CCOC(=O)C1CCCN(C(=O)NCCc2ccccc2)C1. The molecule has 2 amide bonds. The van der Waals surface area contributed by atoms with Gasteiger partial charge in [0.25, 0.3) is 0 Å². The number of hydrogen-bond donors (Lipinski definition) is 1. The normalized spacial score (nSPS) is 17.9. The van der Waals surface area contributed by atoms with E-state index < -0.39 is 0 Å². The Bertz CT molecular complexity index is 490. The summed E-state index contributed by atoms with van der Waals surface area (Å²) in [6.45, 7) is 3.94. The first-order valence-corrected chi connectivity index (χ1v) is 7.94. The third-order valence-electron chi connectivity index (χ3n) is 3.86. The minimum Gasteiger partial charge on any atom is -0.466 e. The molecule has 2 rings (SSSR count). The van der Waals surface area contributed by atoms with E-state index in [1.807, 2.05) is 30.3 Å². The third-order valence-corrected chi connectivity index (χ3v) is 3.86. The van der Waals surface area contributed by atoms with E-state index >= 15 is 0 Å². The lowest BCUT2D eigenvalue weighted by Gasteiger charge is -2.31. The zero-order valence-electron chi connectivity index (χ0n) is 13.1. The van der Waals surface area contributed by atoms with E-state index in [9.17, 15) is 9.59 Å². The quantitative estimate of drug-likeness (QED) is 0.849. The van der Waals surface area contributed by atoms with Crippen molar-refractivity contribution in [1.82, 2.24) is 10.2 Å². The zero-order chi connectivity index (χ0) is 15.8. The van der Waals surface area contributed by atoms with E-state index in [2.05, 4.69) is 5.32 Å². The number of urea groups is 1. The van der Waals surface area contributed by atoms with Gasteiger partial charge in [0, 0.05) is 19.6 Å². The van der Waals surface area contributed by atoms with Crippen LogP contribution in [-0.4, -0.2) is 43.1 Å². The van der Waals surface area contributed by atoms with Gasteiger partial charge in [-0.1, -0.05) is 30.3 Å². The van der Waals surface area contributed by atoms with Gasteiger partial charge in [-0.3, -0.25) is 4.79 Å². The van der Waals surface area contributed by atoms with Gasteiger partial charge in [-0.05, 0) is 31.7 Å². The Labute approximate surface area is 131 Å². The molecule has 0 aliphatic carbocycles. The van der Waals surface area contributed by atoms with Gasteiger partial charge >= 0.3 is 12.0 Å². The lowest BCUT2D eigenvalue weighted by atomic mass is 9.98. The van der Waals surface area contributed by atoms with Gasteiger partial charge in [0.1, 0.15) is 0 Å². The Kier molecular flexibility index (Phi) is 6.25. The van der Waals surface area contributed by atoms with Gasteiger partial charge in [0.05, 0.1) is 12.5 Å². The summed E-state index contributed by atoms with van der Waals surface area (Å²) in [5.41, 5.74) is 1.20. The van der Waals surface area contributed by atoms with Crippen LogP contribution in [0, 0.1) is 5.92 Å². The van der Waals surface area contributed by atoms with Gasteiger partial charge in [0.2, 0.25) is 0 Å². The van der Waals surface area contributed by atoms with Crippen molar-refractivity contribution in [2.45, 2.75) is 26.2 Å². The van der Waals surface area contributed by atoms with Crippen molar-refractivity contribution in [2.75, 3.05) is 26.2 Å². The molecule has 1 aromatic carbocycles. The van der Waals surface area contributed by atoms with Crippen LogP contribution >= 0.6 is 0 Å². The molecular weight excluding hydrogens is 280 g/mol. The summed E-state index contributed by atoms with van der Waals surface area (Å²) in [7, 11) is 0. The van der Waals surface area contributed by atoms with Gasteiger partial charge in [-0.2, -0.15) is 0 Å². The molecule has 0 spiro atoms. The number of nitrogens with one attached hydrogen (secondary N) is 1. The number of carbonyl (C=O) groups excluding carboxylic acids is 2. The molecule has 1 heterocycles. The average Bonchev–Trinajstić information content (AvgIpc) is 2.56. The van der Waals surface area contributed by atoms with Gasteiger partial charge in [0.15, 0.2) is 0 Å². The van der Waals surface area contributed by atoms with E-state index in [1.165, 1.54) is 5.56 Å². The zero-order valence-corrected chi connectivity index (χ0v) is 13.1. The summed E-state index contributed by atoms with van der Waals surface area (Å²) in [6, 6.07) is 9.96. The number of benzene rings is 1. The highest BCUT2D eigenvalue weighted by Crippen LogP contribution is 2.17. The predicted molar refractivity (Wildman–Crippen MR) is 84.5 cm³/mol. The van der Waals surface area contributed by atoms with E-state index in [0.29, 0.717) is 26.2 Å². The van der Waals surface area contributed by atoms with Crippen molar-refractivity contribution in [3.05, 3.63) is 35.9 Å². The van der Waals surface area contributed by atoms with Crippen LogP contribution in [0.2, 0.25) is 0 Å². The standard InChI is InChI=1S/C17H24N2O3/c1-2-22-16(20)15-9-6-12-19(13-15)17(21)18-11-10-14-7-4-3-5-8-14/h3-5,7-8,15H,2,6,9-13H2,1H3,(H,18,21). The Hall–Kier alpha value is -2.04. The van der Waals surface area contributed by atoms with Crippen LogP contribution in [0.5, 0.6) is 0 Å². The van der Waals surface area contributed by atoms with Crippen molar-refractivity contribution in [3.8, 4) is 0 Å². The third kappa shape index (κ3) is 4.76. The maximum absolute atomic E-state index is 12.2. The minimum atomic E-state index is -0.190. The fourth-order valence-corrected chi connectivity index (χ4v) is 2.68. The molecule has 0 saturated carbocycles. The Morgan fingerprint density at radius 2 is 2.09 bits per heavy atom. The smallest absolute Gasteiger partial charge is 0.317 e. The first-order chi connectivity index (χ1) is 10.7. The molecule has 5 heteroatoms. The highest BCUT2D eigenvalue weighted by atomic mass is 16.5. The van der Waals surface area contributed by atoms with Crippen LogP contribution in [0.1, 0.15) is 25.3 Å². The number of esters is 1. The fourth-order valence-electron chi connectivity index (χ4n) is 2.68. The summed E-state index contributed by atoms with van der Waals surface area (Å²) in [5.74, 6) is -0.377. The topological polar surface area (TPSA) is 58.6 Å². The van der Waals surface area contributed by atoms with Crippen molar-refractivity contribution >= 4 is 12.0 Å². The van der Waals surface area contributed by atoms with Crippen molar-refractivity contribution < 1.29 is 14.3 Å². The second-order valence-electron chi connectivity index (χ2n) is 5.50. The van der Waals surface area contributed by atoms with Crippen LogP contribution in [-0.2, 0) is 16.0 Å². The number of ether oxygens (including phenoxy) is 1. The van der Waals surface area contributed by atoms with E-state index in [1.54, 1.807) is 11.8 Å². The molecule has 1 N–H and O–H groups in total. The summed E-state index contributed by atoms with van der Waals surface area (Å²) in [6.07, 6.45) is 2.45. The second kappa shape index (κ2) is 8.41. The number of rotatable bonds is 5. The van der Waals surface area contributed by atoms with Crippen LogP contribution in [0.4, 0.5) is 4.79 Å². The molecule has 22 heavy (non-hydrogen) atoms. The van der Waals surface area contributed by atoms with Gasteiger partial charge in [-0.25, -0.2) is 4.79 Å². The number of hydrogen-bond acceptors (Lipinski definition) is 3. The lowest BCUT2D eigenvalue weighted by molar-refractivity contribution is -0.149. The molecule has 0 radical (unpaired) electrons. The Morgan fingerprint density at radius 3 is 2.82 bits per heavy atom. The number of likely N-dealkylation sites (tertiary alicyclic amines) is 1. The predicted octanol–water partition coefficient (Wildman–Crippen LogP) is 2.21. The molecule has 1 unspecified atom stereocenters. The lowest BCUT2D eigenvalue weighted by Crippen LogP contribution is -2.47. The summed E-state index contributed by atoms with van der Waals surface area (Å²) < 4.78 is 5.05. The largest absolute Gasteiger partial charge is 0.466 e. The molecule has 0 bridgehead atoms. The molecule has 1 aromatic rings. The summed E-state index contributed by atoms with van der Waals surface area (Å²) >= 11 is 0. The number of nitrogens with zero attached hydrogens (tertiary/aromatic N) is 1. The Morgan fingerprint density at radius 1 is 1.32 bits per heavy atom. The monoisotopic (exact) mass is 304 g/mol. The second-order valence-corrected chi connectivity index (χ2v) is 5.50. The van der Waals surface area contributed by atoms with Gasteiger partial charge < -0.3 is 15.0 Å². The van der Waals surface area contributed by atoms with Crippen molar-refractivity contribution in [1.29, 1.82) is 0 Å². The molecule has 1 aliphatic heterocycles. The van der Waals surface area contributed by atoms with Crippen molar-refractivity contribution in [3.63, 3.8) is 0 Å². The maximum atomic E-state index is 12.2. The maximum Gasteiger partial charge on any atom is 0.317 e. The fraction of sp³-hybridized carbons (Fsp3) is 0.529. The first kappa shape index (κ1) is 16.3. The molecule has 1 aliphatic rings. The number of amides is 2. The molecule has 1 fully saturated rings. The molecular formula is C17H24N2O3. The van der Waals surface area contributed by atoms with Crippen LogP contribution in [0.15, 0.2) is 30.3 Å². The number of piperidine rings is 1. The molecule has 1 saturated heterocycles. The average molecular weight is 304 g/mol. The van der Waals surface area contributed by atoms with Crippen LogP contribution in [0.3, 0.4) is 0 Å². The highest BCUT2D eigenvalue weighted by molar-refractivity contribution is 5.77. The van der Waals surface area contributed by atoms with E-state index in [4.69, 9.17) is 4.74 Å². The van der Waals surface area contributed by atoms with E-state index in [0.717, 1.165) is 19.3 Å². The first-order valence-electron chi connectivity index (χ1n) is 7.94. The molecule has 1 atom stereocenters. The molecule has 0 aromatic heterocycles. The van der Waals surface area contributed by atoms with E-state index in [-0.39, 0.29) is 17.9 Å². The molecule has 5 nitrogen and oxygen atoms in total. The highest BCUT2D eigenvalue weighted by Gasteiger charge is 2.29. The Balaban J connectivity index is 1.75.